The summed E-state index contributed by atoms with van der Waals surface area (Å²) in [5.41, 5.74) is 3.12. The minimum absolute atomic E-state index is 0.117. The molecule has 2 aromatic carbocycles. The summed E-state index contributed by atoms with van der Waals surface area (Å²) in [7, 11) is -2.09. The number of carbonyl (C=O) groups is 1. The lowest BCUT2D eigenvalue weighted by atomic mass is 10.1. The third-order valence-corrected chi connectivity index (χ3v) is 8.03. The Balaban J connectivity index is 1.40. The van der Waals surface area contributed by atoms with Crippen LogP contribution >= 0.6 is 0 Å². The Bertz CT molecular complexity index is 1220. The number of hydrogen-bond acceptors (Lipinski definition) is 6. The van der Waals surface area contributed by atoms with Gasteiger partial charge in [0, 0.05) is 50.9 Å². The van der Waals surface area contributed by atoms with Crippen molar-refractivity contribution in [3.63, 3.8) is 0 Å². The average molecular weight is 483 g/mol. The molecule has 0 unspecified atom stereocenters. The van der Waals surface area contributed by atoms with Crippen LogP contribution in [0.4, 0.5) is 11.4 Å². The van der Waals surface area contributed by atoms with Gasteiger partial charge in [-0.15, -0.1) is 4.40 Å². The number of fused-ring (bicyclic) bond motifs is 3. The fourth-order valence-electron chi connectivity index (χ4n) is 4.92. The maximum atomic E-state index is 13.3. The number of para-hydroxylation sites is 1. The number of nitrogens with zero attached hydrogens (tertiary/aromatic N) is 4. The van der Waals surface area contributed by atoms with Crippen molar-refractivity contribution in [1.29, 1.82) is 0 Å². The molecule has 34 heavy (non-hydrogen) atoms. The van der Waals surface area contributed by atoms with E-state index in [-0.39, 0.29) is 10.8 Å². The minimum Gasteiger partial charge on any atom is -0.378 e. The van der Waals surface area contributed by atoms with Crippen LogP contribution in [0.1, 0.15) is 41.6 Å². The fraction of sp³-hybridized carbons (Fsp3) is 0.440. The largest absolute Gasteiger partial charge is 0.378 e. The zero-order chi connectivity index (χ0) is 23.7. The summed E-state index contributed by atoms with van der Waals surface area (Å²) in [6, 6.07) is 13.1. The molecule has 2 fully saturated rings. The van der Waals surface area contributed by atoms with Gasteiger partial charge in [-0.2, -0.15) is 8.42 Å². The average Bonchev–Trinajstić information content (AvgIpc) is 3.09. The molecule has 0 N–H and O–H groups in total. The lowest BCUT2D eigenvalue weighted by Crippen LogP contribution is -2.37. The number of rotatable bonds is 4. The molecule has 1 amide bonds. The lowest BCUT2D eigenvalue weighted by molar-refractivity contribution is 0.0784. The highest BCUT2D eigenvalue weighted by molar-refractivity contribution is 7.90. The molecule has 8 nitrogen and oxygen atoms in total. The van der Waals surface area contributed by atoms with E-state index in [1.54, 1.807) is 24.1 Å². The van der Waals surface area contributed by atoms with Gasteiger partial charge in [0.1, 0.15) is 10.7 Å². The number of carbonyl (C=O) groups excluding carboxylic acids is 1. The Morgan fingerprint density at radius 1 is 1.03 bits per heavy atom. The van der Waals surface area contributed by atoms with Crippen LogP contribution in [0, 0.1) is 0 Å². The quantitative estimate of drug-likeness (QED) is 0.665. The molecule has 0 atom stereocenters. The van der Waals surface area contributed by atoms with Crippen LogP contribution < -0.4 is 9.80 Å². The van der Waals surface area contributed by atoms with Crippen molar-refractivity contribution >= 4 is 33.1 Å². The number of anilines is 2. The molecular formula is C25H30N4O4S. The highest BCUT2D eigenvalue weighted by Gasteiger charge is 2.32. The first-order valence-electron chi connectivity index (χ1n) is 11.9. The van der Waals surface area contributed by atoms with Gasteiger partial charge in [-0.3, -0.25) is 4.79 Å². The predicted molar refractivity (Wildman–Crippen MR) is 132 cm³/mol. The zero-order valence-corrected chi connectivity index (χ0v) is 20.3. The smallest absolute Gasteiger partial charge is 0.286 e. The molecule has 9 heteroatoms. The summed E-state index contributed by atoms with van der Waals surface area (Å²) in [5, 5.41) is 0. The van der Waals surface area contributed by atoms with E-state index in [9.17, 15) is 13.2 Å². The molecule has 0 saturated carbocycles. The van der Waals surface area contributed by atoms with Crippen molar-refractivity contribution in [3.8, 4) is 0 Å². The number of benzene rings is 2. The topological polar surface area (TPSA) is 82.5 Å². The monoisotopic (exact) mass is 482 g/mol. The summed E-state index contributed by atoms with van der Waals surface area (Å²) >= 11 is 0. The highest BCUT2D eigenvalue weighted by Crippen LogP contribution is 2.35. The number of morpholine rings is 1. The van der Waals surface area contributed by atoms with Crippen molar-refractivity contribution in [2.75, 3.05) is 49.7 Å². The number of ether oxygens (including phenoxy) is 1. The van der Waals surface area contributed by atoms with Gasteiger partial charge in [-0.1, -0.05) is 24.6 Å². The summed E-state index contributed by atoms with van der Waals surface area (Å²) < 4.78 is 35.4. The van der Waals surface area contributed by atoms with E-state index in [0.717, 1.165) is 50.1 Å². The standard InChI is InChI=1S/C25H30N4O4S/c1-27(18-20-7-4-5-8-21(20)28-13-15-33-16-14-28)25(30)19-10-11-22-23(17-19)34(31,32)26-24-9-3-2-6-12-29(22)24/h4-5,7-8,10-11,17H,2-3,6,9,12-16,18H2,1H3. The van der Waals surface area contributed by atoms with Gasteiger partial charge in [-0.25, -0.2) is 0 Å². The molecule has 3 aliphatic heterocycles. The number of hydrogen-bond donors (Lipinski definition) is 0. The van der Waals surface area contributed by atoms with Crippen LogP contribution in [-0.4, -0.2) is 65.0 Å². The first kappa shape index (κ1) is 22.9. The maximum absolute atomic E-state index is 13.3. The van der Waals surface area contributed by atoms with Crippen molar-refractivity contribution in [2.24, 2.45) is 4.40 Å². The van der Waals surface area contributed by atoms with Crippen LogP contribution in [0.5, 0.6) is 0 Å². The molecule has 0 aliphatic carbocycles. The SMILES string of the molecule is CN(Cc1ccccc1N1CCOCC1)C(=O)c1ccc2c(c1)S(=O)(=O)N=C1CCCCCN12. The number of amides is 1. The van der Waals surface area contributed by atoms with E-state index in [2.05, 4.69) is 15.4 Å². The molecule has 2 saturated heterocycles. The van der Waals surface area contributed by atoms with Crippen molar-refractivity contribution < 1.29 is 17.9 Å². The van der Waals surface area contributed by atoms with Crippen LogP contribution in [0.25, 0.3) is 0 Å². The summed E-state index contributed by atoms with van der Waals surface area (Å²) in [4.78, 5) is 19.3. The van der Waals surface area contributed by atoms with Gasteiger partial charge in [0.05, 0.1) is 18.9 Å². The van der Waals surface area contributed by atoms with E-state index in [1.165, 1.54) is 6.07 Å². The molecule has 0 aromatic heterocycles. The Morgan fingerprint density at radius 3 is 2.65 bits per heavy atom. The molecule has 3 heterocycles. The third-order valence-electron chi connectivity index (χ3n) is 6.69. The molecular weight excluding hydrogens is 452 g/mol. The van der Waals surface area contributed by atoms with Crippen molar-refractivity contribution in [3.05, 3.63) is 53.6 Å². The lowest BCUT2D eigenvalue weighted by Gasteiger charge is -2.31. The molecule has 0 radical (unpaired) electrons. The predicted octanol–water partition coefficient (Wildman–Crippen LogP) is 3.28. The number of sulfonamides is 1. The summed E-state index contributed by atoms with van der Waals surface area (Å²) in [5.74, 6) is 0.390. The van der Waals surface area contributed by atoms with E-state index < -0.39 is 10.0 Å². The van der Waals surface area contributed by atoms with Gasteiger partial charge in [0.2, 0.25) is 0 Å². The van der Waals surface area contributed by atoms with Gasteiger partial charge >= 0.3 is 0 Å². The molecule has 3 aliphatic rings. The molecule has 2 aromatic rings. The van der Waals surface area contributed by atoms with E-state index in [4.69, 9.17) is 4.74 Å². The van der Waals surface area contributed by atoms with E-state index >= 15 is 0 Å². The molecule has 5 rings (SSSR count). The van der Waals surface area contributed by atoms with Crippen molar-refractivity contribution in [1.82, 2.24) is 4.90 Å². The van der Waals surface area contributed by atoms with Gasteiger partial charge in [-0.05, 0) is 42.7 Å². The van der Waals surface area contributed by atoms with Gasteiger partial charge in [0.15, 0.2) is 0 Å². The van der Waals surface area contributed by atoms with Gasteiger partial charge in [0.25, 0.3) is 15.9 Å². The second-order valence-corrected chi connectivity index (χ2v) is 10.6. The van der Waals surface area contributed by atoms with Crippen molar-refractivity contribution in [2.45, 2.75) is 37.1 Å². The summed E-state index contributed by atoms with van der Waals surface area (Å²) in [6.07, 6.45) is 3.64. The first-order chi connectivity index (χ1) is 16.4. The second-order valence-electron chi connectivity index (χ2n) is 9.02. The maximum Gasteiger partial charge on any atom is 0.286 e. The third kappa shape index (κ3) is 4.42. The van der Waals surface area contributed by atoms with Crippen LogP contribution in [0.2, 0.25) is 0 Å². The highest BCUT2D eigenvalue weighted by atomic mass is 32.2. The Kier molecular flexibility index (Phi) is 6.31. The van der Waals surface area contributed by atoms with E-state index in [0.29, 0.717) is 43.3 Å². The zero-order valence-electron chi connectivity index (χ0n) is 19.4. The molecule has 0 spiro atoms. The minimum atomic E-state index is -3.83. The molecule has 180 valence electrons. The first-order valence-corrected chi connectivity index (χ1v) is 13.3. The Hall–Kier alpha value is -2.91. The number of amidine groups is 1. The Labute approximate surface area is 200 Å². The van der Waals surface area contributed by atoms with E-state index in [1.807, 2.05) is 23.1 Å². The van der Waals surface area contributed by atoms with Crippen LogP contribution in [0.15, 0.2) is 51.8 Å². The summed E-state index contributed by atoms with van der Waals surface area (Å²) in [6.45, 7) is 4.17. The van der Waals surface area contributed by atoms with Gasteiger partial charge < -0.3 is 19.4 Å². The second kappa shape index (κ2) is 9.38. The fourth-order valence-corrected chi connectivity index (χ4v) is 6.20. The van der Waals surface area contributed by atoms with Crippen LogP contribution in [-0.2, 0) is 21.3 Å². The normalized spacial score (nSPS) is 19.5. The molecule has 0 bridgehead atoms. The van der Waals surface area contributed by atoms with Crippen LogP contribution in [0.3, 0.4) is 0 Å². The Morgan fingerprint density at radius 2 is 1.82 bits per heavy atom.